The molecule has 1 aromatic heterocycles. The minimum absolute atomic E-state index is 0.291. The average molecular weight is 264 g/mol. The molecule has 0 aliphatic heterocycles. The van der Waals surface area contributed by atoms with E-state index in [0.29, 0.717) is 18.5 Å². The van der Waals surface area contributed by atoms with E-state index in [4.69, 9.17) is 0 Å². The number of nitrogens with two attached hydrogens (primary N) is 1. The van der Waals surface area contributed by atoms with E-state index in [1.807, 2.05) is 19.3 Å². The van der Waals surface area contributed by atoms with Gasteiger partial charge in [-0.3, -0.25) is 4.79 Å². The normalized spacial score (nSPS) is 14.6. The van der Waals surface area contributed by atoms with E-state index in [0.717, 1.165) is 13.1 Å². The number of carbonyl (C=O) groups is 1. The standard InChI is InChI=1S/C15H25N3O/c1-3-4-9-16-11-15(19)18(13-7-8-13)12-14-6-5-10-17(14)2/h5-6,10,13,16H,3-4,7-9,11-12H2,1-2H3/p+1. The van der Waals surface area contributed by atoms with Gasteiger partial charge in [0.05, 0.1) is 13.1 Å². The quantitative estimate of drug-likeness (QED) is 0.696. The Kier molecular flexibility index (Phi) is 5.02. The summed E-state index contributed by atoms with van der Waals surface area (Å²) in [6.45, 7) is 4.60. The van der Waals surface area contributed by atoms with Crippen LogP contribution in [0, 0.1) is 0 Å². The lowest BCUT2D eigenvalue weighted by Crippen LogP contribution is -2.86. The van der Waals surface area contributed by atoms with Gasteiger partial charge in [-0.25, -0.2) is 0 Å². The molecule has 0 bridgehead atoms. The summed E-state index contributed by atoms with van der Waals surface area (Å²) in [5.41, 5.74) is 1.22. The Labute approximate surface area is 115 Å². The smallest absolute Gasteiger partial charge is 0.278 e. The van der Waals surface area contributed by atoms with E-state index >= 15 is 0 Å². The number of amides is 1. The predicted molar refractivity (Wildman–Crippen MR) is 75.6 cm³/mol. The van der Waals surface area contributed by atoms with Crippen molar-refractivity contribution < 1.29 is 10.1 Å². The van der Waals surface area contributed by atoms with E-state index in [-0.39, 0.29) is 0 Å². The molecule has 1 heterocycles. The number of carbonyl (C=O) groups excluding carboxylic acids is 1. The molecule has 1 aromatic rings. The van der Waals surface area contributed by atoms with Crippen molar-refractivity contribution in [3.63, 3.8) is 0 Å². The molecule has 2 N–H and O–H groups in total. The fraction of sp³-hybridized carbons (Fsp3) is 0.667. The lowest BCUT2D eigenvalue weighted by atomic mass is 10.3. The van der Waals surface area contributed by atoms with Gasteiger partial charge in [0.1, 0.15) is 0 Å². The third-order valence-corrected chi connectivity index (χ3v) is 3.77. The van der Waals surface area contributed by atoms with Crippen LogP contribution in [0.2, 0.25) is 0 Å². The molecule has 1 aliphatic carbocycles. The third-order valence-electron chi connectivity index (χ3n) is 3.77. The Morgan fingerprint density at radius 2 is 2.32 bits per heavy atom. The largest absolute Gasteiger partial charge is 0.353 e. The van der Waals surface area contributed by atoms with Crippen molar-refractivity contribution in [1.29, 1.82) is 0 Å². The van der Waals surface area contributed by atoms with Crippen LogP contribution in [0.25, 0.3) is 0 Å². The molecule has 0 radical (unpaired) electrons. The molecule has 0 aromatic carbocycles. The highest BCUT2D eigenvalue weighted by Crippen LogP contribution is 2.28. The SMILES string of the molecule is CCCC[NH2+]CC(=O)N(Cc1cccn1C)C1CC1. The van der Waals surface area contributed by atoms with Crippen LogP contribution < -0.4 is 5.32 Å². The summed E-state index contributed by atoms with van der Waals surface area (Å²) in [6.07, 6.45) is 6.77. The number of nitrogens with zero attached hydrogens (tertiary/aromatic N) is 2. The summed E-state index contributed by atoms with van der Waals surface area (Å²) < 4.78 is 2.10. The van der Waals surface area contributed by atoms with Crippen LogP contribution in [-0.4, -0.2) is 34.5 Å². The van der Waals surface area contributed by atoms with Crippen molar-refractivity contribution in [2.75, 3.05) is 13.1 Å². The molecular weight excluding hydrogens is 238 g/mol. The van der Waals surface area contributed by atoms with Gasteiger partial charge in [-0.1, -0.05) is 13.3 Å². The number of aryl methyl sites for hydroxylation is 1. The molecule has 1 amide bonds. The summed E-state index contributed by atoms with van der Waals surface area (Å²) in [4.78, 5) is 14.4. The molecule has 1 saturated carbocycles. The van der Waals surface area contributed by atoms with Crippen LogP contribution in [0.3, 0.4) is 0 Å². The lowest BCUT2D eigenvalue weighted by Gasteiger charge is -2.22. The van der Waals surface area contributed by atoms with Crippen LogP contribution in [0.1, 0.15) is 38.3 Å². The number of hydrogen-bond acceptors (Lipinski definition) is 1. The molecule has 4 heteroatoms. The van der Waals surface area contributed by atoms with Crippen LogP contribution in [0.4, 0.5) is 0 Å². The van der Waals surface area contributed by atoms with Crippen molar-refractivity contribution in [2.24, 2.45) is 7.05 Å². The molecular formula is C15H26N3O+. The van der Waals surface area contributed by atoms with Crippen molar-refractivity contribution >= 4 is 5.91 Å². The number of unbranched alkanes of at least 4 members (excludes halogenated alkanes) is 1. The molecule has 1 fully saturated rings. The number of aromatic nitrogens is 1. The zero-order chi connectivity index (χ0) is 13.7. The van der Waals surface area contributed by atoms with E-state index in [9.17, 15) is 4.79 Å². The fourth-order valence-corrected chi connectivity index (χ4v) is 2.33. The number of hydrogen-bond donors (Lipinski definition) is 1. The molecule has 1 aliphatic rings. The van der Waals surface area contributed by atoms with Crippen LogP contribution in [-0.2, 0) is 18.4 Å². The summed E-state index contributed by atoms with van der Waals surface area (Å²) in [5.74, 6) is 0.291. The van der Waals surface area contributed by atoms with Gasteiger partial charge < -0.3 is 14.8 Å². The number of quaternary nitrogens is 1. The van der Waals surface area contributed by atoms with Gasteiger partial charge in [0.15, 0.2) is 6.54 Å². The molecule has 0 saturated heterocycles. The summed E-state index contributed by atoms with van der Waals surface area (Å²) in [7, 11) is 2.04. The average Bonchev–Trinajstić information content (AvgIpc) is 3.16. The van der Waals surface area contributed by atoms with Gasteiger partial charge in [0.25, 0.3) is 5.91 Å². The zero-order valence-electron chi connectivity index (χ0n) is 12.1. The Bertz CT molecular complexity index is 409. The highest BCUT2D eigenvalue weighted by Gasteiger charge is 2.33. The first-order valence-electron chi connectivity index (χ1n) is 7.43. The fourth-order valence-electron chi connectivity index (χ4n) is 2.33. The lowest BCUT2D eigenvalue weighted by molar-refractivity contribution is -0.644. The Balaban J connectivity index is 1.85. The predicted octanol–water partition coefficient (Wildman–Crippen LogP) is 0.880. The maximum Gasteiger partial charge on any atom is 0.278 e. The molecule has 0 atom stereocenters. The first kappa shape index (κ1) is 14.1. The highest BCUT2D eigenvalue weighted by molar-refractivity contribution is 5.77. The van der Waals surface area contributed by atoms with Crippen LogP contribution in [0.5, 0.6) is 0 Å². The molecule has 2 rings (SSSR count). The summed E-state index contributed by atoms with van der Waals surface area (Å²) in [6, 6.07) is 4.63. The van der Waals surface area contributed by atoms with Crippen molar-refractivity contribution in [3.05, 3.63) is 24.0 Å². The van der Waals surface area contributed by atoms with Crippen molar-refractivity contribution in [1.82, 2.24) is 9.47 Å². The van der Waals surface area contributed by atoms with Gasteiger partial charge in [-0.15, -0.1) is 0 Å². The Hall–Kier alpha value is -1.29. The number of rotatable bonds is 8. The second-order valence-corrected chi connectivity index (χ2v) is 5.50. The van der Waals surface area contributed by atoms with Gasteiger partial charge in [0, 0.05) is 25.0 Å². The molecule has 0 spiro atoms. The summed E-state index contributed by atoms with van der Waals surface area (Å²) >= 11 is 0. The van der Waals surface area contributed by atoms with E-state index in [2.05, 4.69) is 27.8 Å². The molecule has 4 nitrogen and oxygen atoms in total. The minimum Gasteiger partial charge on any atom is -0.353 e. The Morgan fingerprint density at radius 3 is 2.89 bits per heavy atom. The van der Waals surface area contributed by atoms with Gasteiger partial charge in [-0.05, 0) is 31.4 Å². The Morgan fingerprint density at radius 1 is 1.53 bits per heavy atom. The van der Waals surface area contributed by atoms with Crippen molar-refractivity contribution in [2.45, 2.75) is 45.2 Å². The van der Waals surface area contributed by atoms with E-state index in [1.165, 1.54) is 31.4 Å². The molecule has 106 valence electrons. The van der Waals surface area contributed by atoms with Gasteiger partial charge >= 0.3 is 0 Å². The van der Waals surface area contributed by atoms with Gasteiger partial charge in [0.2, 0.25) is 0 Å². The second-order valence-electron chi connectivity index (χ2n) is 5.50. The third kappa shape index (κ3) is 4.10. The van der Waals surface area contributed by atoms with Crippen LogP contribution in [0.15, 0.2) is 18.3 Å². The van der Waals surface area contributed by atoms with Gasteiger partial charge in [-0.2, -0.15) is 0 Å². The minimum atomic E-state index is 0.291. The highest BCUT2D eigenvalue weighted by atomic mass is 16.2. The maximum atomic E-state index is 12.3. The molecule has 19 heavy (non-hydrogen) atoms. The topological polar surface area (TPSA) is 41.9 Å². The van der Waals surface area contributed by atoms with E-state index < -0.39 is 0 Å². The first-order valence-corrected chi connectivity index (χ1v) is 7.43. The zero-order valence-corrected chi connectivity index (χ0v) is 12.1. The first-order chi connectivity index (χ1) is 9.22. The molecule has 0 unspecified atom stereocenters. The maximum absolute atomic E-state index is 12.3. The van der Waals surface area contributed by atoms with Crippen LogP contribution >= 0.6 is 0 Å². The monoisotopic (exact) mass is 264 g/mol. The second kappa shape index (κ2) is 6.75. The summed E-state index contributed by atoms with van der Waals surface area (Å²) in [5, 5.41) is 2.15. The van der Waals surface area contributed by atoms with E-state index in [1.54, 1.807) is 0 Å². The van der Waals surface area contributed by atoms with Crippen molar-refractivity contribution in [3.8, 4) is 0 Å².